The van der Waals surface area contributed by atoms with Crippen LogP contribution in [0.2, 0.25) is 0 Å². The van der Waals surface area contributed by atoms with Gasteiger partial charge in [-0.2, -0.15) is 0 Å². The van der Waals surface area contributed by atoms with Gasteiger partial charge >= 0.3 is 6.03 Å². The minimum Gasteiger partial charge on any atom is -0.486 e. The normalized spacial score (nSPS) is 16.1. The summed E-state index contributed by atoms with van der Waals surface area (Å²) in [6, 6.07) is 13.6. The molecule has 2 amide bonds. The Morgan fingerprint density at radius 2 is 1.82 bits per heavy atom. The molecule has 3 heterocycles. The van der Waals surface area contributed by atoms with Crippen molar-refractivity contribution in [3.05, 3.63) is 59.8 Å². The van der Waals surface area contributed by atoms with Gasteiger partial charge in [0.2, 0.25) is 0 Å². The van der Waals surface area contributed by atoms with Gasteiger partial charge in [0.25, 0.3) is 0 Å². The van der Waals surface area contributed by atoms with Crippen LogP contribution < -0.4 is 14.8 Å². The summed E-state index contributed by atoms with van der Waals surface area (Å²) >= 11 is 0. The third-order valence-corrected chi connectivity index (χ3v) is 6.55. The summed E-state index contributed by atoms with van der Waals surface area (Å²) in [7, 11) is 0. The van der Waals surface area contributed by atoms with E-state index in [-0.39, 0.29) is 17.7 Å². The number of aryl methyl sites for hydroxylation is 1. The van der Waals surface area contributed by atoms with Gasteiger partial charge in [0.05, 0.1) is 0 Å². The Morgan fingerprint density at radius 3 is 2.67 bits per heavy atom. The molecule has 0 bridgehead atoms. The molecule has 2 N–H and O–H groups in total. The van der Waals surface area contributed by atoms with E-state index in [2.05, 4.69) is 28.6 Å². The molecule has 2 aromatic carbocycles. The fourth-order valence-electron chi connectivity index (χ4n) is 4.70. The van der Waals surface area contributed by atoms with Crippen LogP contribution in [0, 0.1) is 5.92 Å². The zero-order valence-corrected chi connectivity index (χ0v) is 18.6. The number of urea groups is 1. The maximum Gasteiger partial charge on any atom is 0.317 e. The van der Waals surface area contributed by atoms with E-state index in [1.54, 1.807) is 12.1 Å². The van der Waals surface area contributed by atoms with Gasteiger partial charge in [-0.25, -0.2) is 4.79 Å². The second-order valence-electron chi connectivity index (χ2n) is 8.68. The van der Waals surface area contributed by atoms with E-state index in [9.17, 15) is 9.59 Å². The third kappa shape index (κ3) is 4.67. The standard InChI is InChI=1S/C26H29N3O4/c30-25(19-7-8-23-24(16-19)33-15-14-32-23)18-9-12-29(13-10-18)26(31)27-11-3-4-20-17-28-22-6-2-1-5-21(20)22/h1-2,5-8,16-18,28H,3-4,9-15H2,(H,27,31). The first-order chi connectivity index (χ1) is 16.2. The summed E-state index contributed by atoms with van der Waals surface area (Å²) in [6.07, 6.45) is 5.20. The number of aromatic nitrogens is 1. The lowest BCUT2D eigenvalue weighted by Gasteiger charge is -2.31. The SMILES string of the molecule is O=C(c1ccc2c(c1)OCCO2)C1CCN(C(=O)NCCCc2c[nH]c3ccccc23)CC1. The zero-order valence-electron chi connectivity index (χ0n) is 18.6. The van der Waals surface area contributed by atoms with Gasteiger partial charge in [-0.05, 0) is 55.5 Å². The lowest BCUT2D eigenvalue weighted by Crippen LogP contribution is -2.45. The van der Waals surface area contributed by atoms with Crippen molar-refractivity contribution >= 4 is 22.7 Å². The van der Waals surface area contributed by atoms with Crippen LogP contribution in [0.15, 0.2) is 48.7 Å². The quantitative estimate of drug-likeness (QED) is 0.439. The van der Waals surface area contributed by atoms with Gasteiger partial charge in [0.15, 0.2) is 17.3 Å². The third-order valence-electron chi connectivity index (χ3n) is 6.55. The number of carbonyl (C=O) groups is 2. The average molecular weight is 448 g/mol. The molecule has 0 atom stereocenters. The fraction of sp³-hybridized carbons (Fsp3) is 0.385. The Hall–Kier alpha value is -3.48. The molecule has 1 aromatic heterocycles. The first-order valence-corrected chi connectivity index (χ1v) is 11.7. The highest BCUT2D eigenvalue weighted by Gasteiger charge is 2.28. The number of carbonyl (C=O) groups excluding carboxylic acids is 2. The van der Waals surface area contributed by atoms with Gasteiger partial charge in [0.1, 0.15) is 13.2 Å². The minimum absolute atomic E-state index is 0.0424. The van der Waals surface area contributed by atoms with Crippen LogP contribution in [0.25, 0.3) is 10.9 Å². The van der Waals surface area contributed by atoms with Crippen molar-refractivity contribution in [1.82, 2.24) is 15.2 Å². The number of piperidine rings is 1. The van der Waals surface area contributed by atoms with Crippen LogP contribution >= 0.6 is 0 Å². The highest BCUT2D eigenvalue weighted by atomic mass is 16.6. The number of aromatic amines is 1. The molecule has 33 heavy (non-hydrogen) atoms. The van der Waals surface area contributed by atoms with Crippen molar-refractivity contribution in [3.8, 4) is 11.5 Å². The Labute approximate surface area is 193 Å². The van der Waals surface area contributed by atoms with Crippen molar-refractivity contribution < 1.29 is 19.1 Å². The molecule has 0 spiro atoms. The van der Waals surface area contributed by atoms with E-state index in [1.165, 1.54) is 10.9 Å². The van der Waals surface area contributed by atoms with Gasteiger partial charge in [0, 0.05) is 48.2 Å². The van der Waals surface area contributed by atoms with Crippen LogP contribution in [0.5, 0.6) is 11.5 Å². The number of likely N-dealkylation sites (tertiary alicyclic amines) is 1. The maximum atomic E-state index is 13.0. The summed E-state index contributed by atoms with van der Waals surface area (Å²) in [5.74, 6) is 1.37. The van der Waals surface area contributed by atoms with E-state index in [4.69, 9.17) is 9.47 Å². The van der Waals surface area contributed by atoms with E-state index in [0.717, 1.165) is 18.4 Å². The number of fused-ring (bicyclic) bond motifs is 2. The summed E-state index contributed by atoms with van der Waals surface area (Å²) < 4.78 is 11.1. The molecule has 1 saturated heterocycles. The molecule has 2 aliphatic rings. The summed E-state index contributed by atoms with van der Waals surface area (Å²) in [6.45, 7) is 2.85. The molecular weight excluding hydrogens is 418 g/mol. The number of nitrogens with one attached hydrogen (secondary N) is 2. The average Bonchev–Trinajstić information content (AvgIpc) is 3.29. The number of ether oxygens (including phenoxy) is 2. The van der Waals surface area contributed by atoms with Gasteiger partial charge < -0.3 is 24.7 Å². The number of para-hydroxylation sites is 1. The first-order valence-electron chi connectivity index (χ1n) is 11.7. The topological polar surface area (TPSA) is 83.7 Å². The highest BCUT2D eigenvalue weighted by molar-refractivity contribution is 5.98. The van der Waals surface area contributed by atoms with Crippen molar-refractivity contribution in [3.63, 3.8) is 0 Å². The molecular formula is C26H29N3O4. The summed E-state index contributed by atoms with van der Waals surface area (Å²) in [5.41, 5.74) is 3.07. The fourth-order valence-corrected chi connectivity index (χ4v) is 4.70. The van der Waals surface area contributed by atoms with Crippen LogP contribution in [0.1, 0.15) is 35.2 Å². The van der Waals surface area contributed by atoms with E-state index < -0.39 is 0 Å². The van der Waals surface area contributed by atoms with E-state index >= 15 is 0 Å². The van der Waals surface area contributed by atoms with Crippen molar-refractivity contribution in [2.24, 2.45) is 5.92 Å². The van der Waals surface area contributed by atoms with Crippen LogP contribution in [-0.2, 0) is 6.42 Å². The molecule has 0 saturated carbocycles. The number of H-pyrrole nitrogens is 1. The largest absolute Gasteiger partial charge is 0.486 e. The number of ketones is 1. The van der Waals surface area contributed by atoms with Crippen LogP contribution in [-0.4, -0.2) is 54.5 Å². The van der Waals surface area contributed by atoms with Gasteiger partial charge in [-0.3, -0.25) is 4.79 Å². The Bertz CT molecular complexity index is 1150. The zero-order chi connectivity index (χ0) is 22.6. The molecule has 172 valence electrons. The van der Waals surface area contributed by atoms with Crippen LogP contribution in [0.3, 0.4) is 0 Å². The highest BCUT2D eigenvalue weighted by Crippen LogP contribution is 2.32. The molecule has 2 aliphatic heterocycles. The van der Waals surface area contributed by atoms with Crippen LogP contribution in [0.4, 0.5) is 4.79 Å². The summed E-state index contributed by atoms with van der Waals surface area (Å²) in [5, 5.41) is 4.28. The van der Waals surface area contributed by atoms with E-state index in [0.29, 0.717) is 62.8 Å². The molecule has 7 nitrogen and oxygen atoms in total. The van der Waals surface area contributed by atoms with Crippen molar-refractivity contribution in [2.45, 2.75) is 25.7 Å². The summed E-state index contributed by atoms with van der Waals surface area (Å²) in [4.78, 5) is 30.6. The Kier molecular flexibility index (Phi) is 6.19. The maximum absolute atomic E-state index is 13.0. The smallest absolute Gasteiger partial charge is 0.317 e. The number of amides is 2. The number of hydrogen-bond donors (Lipinski definition) is 2. The lowest BCUT2D eigenvalue weighted by atomic mass is 9.89. The minimum atomic E-state index is -0.0709. The lowest BCUT2D eigenvalue weighted by molar-refractivity contribution is 0.0853. The number of Topliss-reactive ketones (excluding diaryl/α,β-unsaturated/α-hetero) is 1. The van der Waals surface area contributed by atoms with Crippen molar-refractivity contribution in [2.75, 3.05) is 32.8 Å². The molecule has 0 radical (unpaired) electrons. The monoisotopic (exact) mass is 447 g/mol. The predicted molar refractivity (Wildman–Crippen MR) is 126 cm³/mol. The molecule has 0 unspecified atom stereocenters. The second kappa shape index (κ2) is 9.57. The molecule has 7 heteroatoms. The molecule has 0 aliphatic carbocycles. The number of rotatable bonds is 6. The Balaban J connectivity index is 1.07. The second-order valence-corrected chi connectivity index (χ2v) is 8.68. The van der Waals surface area contributed by atoms with Crippen molar-refractivity contribution in [1.29, 1.82) is 0 Å². The Morgan fingerprint density at radius 1 is 1.03 bits per heavy atom. The molecule has 1 fully saturated rings. The number of nitrogens with zero attached hydrogens (tertiary/aromatic N) is 1. The van der Waals surface area contributed by atoms with Gasteiger partial charge in [-0.1, -0.05) is 18.2 Å². The molecule has 5 rings (SSSR count). The van der Waals surface area contributed by atoms with E-state index in [1.807, 2.05) is 23.1 Å². The number of hydrogen-bond acceptors (Lipinski definition) is 4. The van der Waals surface area contributed by atoms with Gasteiger partial charge in [-0.15, -0.1) is 0 Å². The number of benzene rings is 2. The predicted octanol–water partition coefficient (Wildman–Crippen LogP) is 4.18. The molecule has 3 aromatic rings. The first kappa shape index (κ1) is 21.4.